The normalized spacial score (nSPS) is 17.0. The van der Waals surface area contributed by atoms with Crippen molar-refractivity contribution in [3.05, 3.63) is 35.9 Å². The van der Waals surface area contributed by atoms with Crippen LogP contribution in [0.2, 0.25) is 0 Å². The second kappa shape index (κ2) is 5.66. The number of likely N-dealkylation sites (tertiary alicyclic amines) is 1. The molecule has 0 radical (unpaired) electrons. The standard InChI is InChI=1S/C16H23NO/c1-16(2,17-12-6-7-13-17)15(18)11-10-14-8-4-3-5-9-14/h3-5,8-9H,6-7,10-13H2,1-2H3. The van der Waals surface area contributed by atoms with Gasteiger partial charge in [0.15, 0.2) is 5.78 Å². The van der Waals surface area contributed by atoms with Crippen LogP contribution in [0.25, 0.3) is 0 Å². The number of rotatable bonds is 5. The Morgan fingerprint density at radius 3 is 2.39 bits per heavy atom. The second-order valence-corrected chi connectivity index (χ2v) is 5.66. The Hall–Kier alpha value is -1.15. The van der Waals surface area contributed by atoms with Crippen LogP contribution < -0.4 is 0 Å². The molecule has 2 nitrogen and oxygen atoms in total. The van der Waals surface area contributed by atoms with Crippen LogP contribution in [0.5, 0.6) is 0 Å². The van der Waals surface area contributed by atoms with E-state index >= 15 is 0 Å². The summed E-state index contributed by atoms with van der Waals surface area (Å²) in [6.07, 6.45) is 3.97. The third-order valence-electron chi connectivity index (χ3n) is 4.06. The molecule has 0 aliphatic carbocycles. The van der Waals surface area contributed by atoms with E-state index < -0.39 is 0 Å². The fraction of sp³-hybridized carbons (Fsp3) is 0.562. The fourth-order valence-electron chi connectivity index (χ4n) is 2.66. The summed E-state index contributed by atoms with van der Waals surface area (Å²) in [6, 6.07) is 10.3. The molecule has 0 amide bonds. The lowest BCUT2D eigenvalue weighted by atomic mass is 9.92. The lowest BCUT2D eigenvalue weighted by Gasteiger charge is -2.34. The molecule has 1 saturated heterocycles. The molecule has 0 saturated carbocycles. The Bertz CT molecular complexity index is 391. The number of ketones is 1. The van der Waals surface area contributed by atoms with Gasteiger partial charge in [-0.15, -0.1) is 0 Å². The third kappa shape index (κ3) is 2.99. The maximum atomic E-state index is 12.4. The van der Waals surface area contributed by atoms with Gasteiger partial charge in [0.1, 0.15) is 0 Å². The molecule has 2 rings (SSSR count). The Labute approximate surface area is 110 Å². The van der Waals surface area contributed by atoms with Gasteiger partial charge in [-0.25, -0.2) is 0 Å². The largest absolute Gasteiger partial charge is 0.298 e. The fourth-order valence-corrected chi connectivity index (χ4v) is 2.66. The van der Waals surface area contributed by atoms with E-state index in [0.717, 1.165) is 19.5 Å². The molecule has 2 heteroatoms. The summed E-state index contributed by atoms with van der Waals surface area (Å²) >= 11 is 0. The Balaban J connectivity index is 1.91. The van der Waals surface area contributed by atoms with E-state index in [1.807, 2.05) is 18.2 Å². The van der Waals surface area contributed by atoms with Crippen molar-refractivity contribution in [2.24, 2.45) is 0 Å². The molecule has 0 aromatic heterocycles. The van der Waals surface area contributed by atoms with Gasteiger partial charge < -0.3 is 0 Å². The lowest BCUT2D eigenvalue weighted by molar-refractivity contribution is -0.128. The number of nitrogens with zero attached hydrogens (tertiary/aromatic N) is 1. The Morgan fingerprint density at radius 1 is 1.17 bits per heavy atom. The van der Waals surface area contributed by atoms with E-state index in [2.05, 4.69) is 30.9 Å². The van der Waals surface area contributed by atoms with Gasteiger partial charge in [0, 0.05) is 6.42 Å². The zero-order valence-electron chi connectivity index (χ0n) is 11.5. The highest BCUT2D eigenvalue weighted by Gasteiger charge is 2.34. The zero-order chi connectivity index (χ0) is 13.0. The van der Waals surface area contributed by atoms with E-state index in [1.165, 1.54) is 18.4 Å². The molecule has 18 heavy (non-hydrogen) atoms. The molecular formula is C16H23NO. The average molecular weight is 245 g/mol. The van der Waals surface area contributed by atoms with Gasteiger partial charge in [-0.05, 0) is 51.8 Å². The number of benzene rings is 1. The summed E-state index contributed by atoms with van der Waals surface area (Å²) < 4.78 is 0. The minimum atomic E-state index is -0.286. The first-order valence-corrected chi connectivity index (χ1v) is 6.93. The van der Waals surface area contributed by atoms with Gasteiger partial charge in [-0.2, -0.15) is 0 Å². The van der Waals surface area contributed by atoms with Gasteiger partial charge in [-0.3, -0.25) is 9.69 Å². The van der Waals surface area contributed by atoms with Crippen molar-refractivity contribution in [3.8, 4) is 0 Å². The third-order valence-corrected chi connectivity index (χ3v) is 4.06. The maximum Gasteiger partial charge on any atom is 0.152 e. The maximum absolute atomic E-state index is 12.4. The summed E-state index contributed by atoms with van der Waals surface area (Å²) in [5, 5.41) is 0. The lowest BCUT2D eigenvalue weighted by Crippen LogP contribution is -2.48. The van der Waals surface area contributed by atoms with Crippen molar-refractivity contribution in [3.63, 3.8) is 0 Å². The molecule has 0 atom stereocenters. The Kier molecular flexibility index (Phi) is 4.18. The quantitative estimate of drug-likeness (QED) is 0.794. The number of aryl methyl sites for hydroxylation is 1. The van der Waals surface area contributed by atoms with Crippen molar-refractivity contribution in [1.29, 1.82) is 0 Å². The molecule has 0 spiro atoms. The molecule has 0 unspecified atom stereocenters. The number of carbonyl (C=O) groups excluding carboxylic acids is 1. The predicted molar refractivity (Wildman–Crippen MR) is 74.7 cm³/mol. The highest BCUT2D eigenvalue weighted by atomic mass is 16.1. The van der Waals surface area contributed by atoms with E-state index in [4.69, 9.17) is 0 Å². The van der Waals surface area contributed by atoms with Crippen LogP contribution >= 0.6 is 0 Å². The number of hydrogen-bond donors (Lipinski definition) is 0. The van der Waals surface area contributed by atoms with E-state index in [1.54, 1.807) is 0 Å². The number of hydrogen-bond acceptors (Lipinski definition) is 2. The van der Waals surface area contributed by atoms with Crippen molar-refractivity contribution in [2.75, 3.05) is 13.1 Å². The van der Waals surface area contributed by atoms with E-state index in [-0.39, 0.29) is 5.54 Å². The van der Waals surface area contributed by atoms with Crippen LogP contribution in [0.3, 0.4) is 0 Å². The molecule has 0 N–H and O–H groups in total. The molecule has 98 valence electrons. The summed E-state index contributed by atoms with van der Waals surface area (Å²) in [6.45, 7) is 6.30. The molecule has 0 bridgehead atoms. The minimum absolute atomic E-state index is 0.286. The minimum Gasteiger partial charge on any atom is -0.298 e. The molecule has 1 aromatic carbocycles. The van der Waals surface area contributed by atoms with Gasteiger partial charge in [0.25, 0.3) is 0 Å². The van der Waals surface area contributed by atoms with Gasteiger partial charge in [-0.1, -0.05) is 30.3 Å². The molecular weight excluding hydrogens is 222 g/mol. The highest BCUT2D eigenvalue weighted by molar-refractivity contribution is 5.87. The van der Waals surface area contributed by atoms with Crippen LogP contribution in [0.15, 0.2) is 30.3 Å². The van der Waals surface area contributed by atoms with E-state index in [0.29, 0.717) is 12.2 Å². The molecule has 1 aliphatic rings. The second-order valence-electron chi connectivity index (χ2n) is 5.66. The summed E-state index contributed by atoms with van der Waals surface area (Å²) in [5.41, 5.74) is 0.966. The average Bonchev–Trinajstić information content (AvgIpc) is 2.91. The van der Waals surface area contributed by atoms with Gasteiger partial charge in [0.2, 0.25) is 0 Å². The molecule has 1 aromatic rings. The number of carbonyl (C=O) groups is 1. The van der Waals surface area contributed by atoms with Crippen LogP contribution in [-0.2, 0) is 11.2 Å². The Morgan fingerprint density at radius 2 is 1.78 bits per heavy atom. The monoisotopic (exact) mass is 245 g/mol. The first-order chi connectivity index (χ1) is 8.60. The molecule has 1 heterocycles. The summed E-state index contributed by atoms with van der Waals surface area (Å²) in [5.74, 6) is 0.369. The van der Waals surface area contributed by atoms with Crippen LogP contribution in [0.1, 0.15) is 38.7 Å². The predicted octanol–water partition coefficient (Wildman–Crippen LogP) is 3.06. The molecule has 1 fully saturated rings. The molecule has 1 aliphatic heterocycles. The smallest absolute Gasteiger partial charge is 0.152 e. The van der Waals surface area contributed by atoms with Crippen molar-refractivity contribution in [1.82, 2.24) is 4.90 Å². The first-order valence-electron chi connectivity index (χ1n) is 6.93. The highest BCUT2D eigenvalue weighted by Crippen LogP contribution is 2.23. The van der Waals surface area contributed by atoms with Crippen molar-refractivity contribution in [2.45, 2.75) is 45.1 Å². The topological polar surface area (TPSA) is 20.3 Å². The van der Waals surface area contributed by atoms with Gasteiger partial charge >= 0.3 is 0 Å². The van der Waals surface area contributed by atoms with Crippen molar-refractivity contribution < 1.29 is 4.79 Å². The van der Waals surface area contributed by atoms with Crippen LogP contribution in [-0.4, -0.2) is 29.3 Å². The first kappa shape index (κ1) is 13.3. The zero-order valence-corrected chi connectivity index (χ0v) is 11.5. The SMILES string of the molecule is CC(C)(C(=O)CCc1ccccc1)N1CCCC1. The van der Waals surface area contributed by atoms with Crippen molar-refractivity contribution >= 4 is 5.78 Å². The summed E-state index contributed by atoms with van der Waals surface area (Å²) in [4.78, 5) is 14.7. The van der Waals surface area contributed by atoms with Gasteiger partial charge in [0.05, 0.1) is 5.54 Å². The van der Waals surface area contributed by atoms with Crippen LogP contribution in [0, 0.1) is 0 Å². The summed E-state index contributed by atoms with van der Waals surface area (Å²) in [7, 11) is 0. The van der Waals surface area contributed by atoms with E-state index in [9.17, 15) is 4.79 Å². The number of Topliss-reactive ketones (excluding diaryl/α,β-unsaturated/α-hetero) is 1. The van der Waals surface area contributed by atoms with Crippen LogP contribution in [0.4, 0.5) is 0 Å².